The van der Waals surface area contributed by atoms with Crippen LogP contribution in [0.5, 0.6) is 0 Å². The molecule has 1 heterocycles. The maximum Gasteiger partial charge on any atom is 0.255 e. The monoisotopic (exact) mass is 438 g/mol. The van der Waals surface area contributed by atoms with E-state index in [-0.39, 0.29) is 44.5 Å². The number of fused-ring (bicyclic) bond motifs is 1. The van der Waals surface area contributed by atoms with Crippen molar-refractivity contribution >= 4 is 22.8 Å². The second kappa shape index (κ2) is 7.88. The maximum absolute atomic E-state index is 15.8. The van der Waals surface area contributed by atoms with Crippen molar-refractivity contribution in [1.29, 1.82) is 0 Å². The largest absolute Gasteiger partial charge is 0.455 e. The molecule has 3 aromatic carbocycles. The van der Waals surface area contributed by atoms with Crippen LogP contribution in [0.15, 0.2) is 52.9 Å². The average molecular weight is 438 g/mol. The molecule has 4 rings (SSSR count). The Hall–Kier alpha value is -4.07. The summed E-state index contributed by atoms with van der Waals surface area (Å²) in [5.41, 5.74) is 5.71. The Labute approximate surface area is 180 Å². The van der Waals surface area contributed by atoms with Gasteiger partial charge in [-0.3, -0.25) is 9.59 Å². The van der Waals surface area contributed by atoms with E-state index in [1.54, 1.807) is 0 Å². The molecule has 8 heteroatoms. The van der Waals surface area contributed by atoms with Crippen LogP contribution >= 0.6 is 0 Å². The number of primary amides is 1. The van der Waals surface area contributed by atoms with Crippen LogP contribution in [0.4, 0.5) is 13.2 Å². The van der Waals surface area contributed by atoms with Crippen LogP contribution < -0.4 is 11.1 Å². The number of rotatable bonds is 4. The van der Waals surface area contributed by atoms with Crippen molar-refractivity contribution in [1.82, 2.24) is 5.32 Å². The zero-order valence-corrected chi connectivity index (χ0v) is 17.1. The second-order valence-corrected chi connectivity index (χ2v) is 7.19. The smallest absolute Gasteiger partial charge is 0.255 e. The summed E-state index contributed by atoms with van der Waals surface area (Å²) in [5.74, 6) is -3.45. The molecule has 4 aromatic rings. The van der Waals surface area contributed by atoms with Gasteiger partial charge in [-0.15, -0.1) is 0 Å². The number of amides is 2. The summed E-state index contributed by atoms with van der Waals surface area (Å²) in [4.78, 5) is 24.3. The van der Waals surface area contributed by atoms with Crippen LogP contribution in [0, 0.1) is 24.4 Å². The molecule has 0 aliphatic carbocycles. The van der Waals surface area contributed by atoms with E-state index in [2.05, 4.69) is 5.32 Å². The summed E-state index contributed by atoms with van der Waals surface area (Å²) < 4.78 is 49.3. The minimum absolute atomic E-state index is 0.0337. The summed E-state index contributed by atoms with van der Waals surface area (Å²) in [6.07, 6.45) is 0. The molecule has 162 valence electrons. The van der Waals surface area contributed by atoms with Crippen molar-refractivity contribution < 1.29 is 27.2 Å². The Balaban J connectivity index is 2.04. The van der Waals surface area contributed by atoms with Gasteiger partial charge in [0.25, 0.3) is 5.91 Å². The lowest BCUT2D eigenvalue weighted by Gasteiger charge is -2.11. The fraction of sp³-hybridized carbons (Fsp3) is 0.0833. The first-order valence-electron chi connectivity index (χ1n) is 9.56. The fourth-order valence-electron chi connectivity index (χ4n) is 3.61. The van der Waals surface area contributed by atoms with E-state index in [4.69, 9.17) is 10.2 Å². The van der Waals surface area contributed by atoms with Gasteiger partial charge < -0.3 is 15.5 Å². The molecule has 0 aliphatic heterocycles. The molecule has 0 saturated carbocycles. The Kier molecular flexibility index (Phi) is 5.22. The minimum Gasteiger partial charge on any atom is -0.455 e. The quantitative estimate of drug-likeness (QED) is 0.473. The molecule has 0 radical (unpaired) electrons. The van der Waals surface area contributed by atoms with Gasteiger partial charge in [-0.2, -0.15) is 0 Å². The highest BCUT2D eigenvalue weighted by atomic mass is 19.1. The summed E-state index contributed by atoms with van der Waals surface area (Å²) in [5, 5.41) is 2.33. The first-order chi connectivity index (χ1) is 15.2. The summed E-state index contributed by atoms with van der Waals surface area (Å²) >= 11 is 0. The highest BCUT2D eigenvalue weighted by molar-refractivity contribution is 6.12. The zero-order valence-electron chi connectivity index (χ0n) is 17.1. The number of hydrogen-bond acceptors (Lipinski definition) is 3. The van der Waals surface area contributed by atoms with Crippen LogP contribution in [-0.2, 0) is 0 Å². The van der Waals surface area contributed by atoms with E-state index >= 15 is 4.39 Å². The zero-order chi connectivity index (χ0) is 23.2. The summed E-state index contributed by atoms with van der Waals surface area (Å²) in [7, 11) is 1.38. The third-order valence-electron chi connectivity index (χ3n) is 5.27. The molecular formula is C24H17F3N2O3. The van der Waals surface area contributed by atoms with E-state index in [9.17, 15) is 18.4 Å². The Morgan fingerprint density at radius 1 is 0.969 bits per heavy atom. The topological polar surface area (TPSA) is 85.3 Å². The number of halogens is 3. The average Bonchev–Trinajstić information content (AvgIpc) is 3.16. The van der Waals surface area contributed by atoms with Crippen molar-refractivity contribution in [3.8, 4) is 22.5 Å². The molecule has 0 saturated heterocycles. The molecule has 0 atom stereocenters. The van der Waals surface area contributed by atoms with Crippen LogP contribution in [0.1, 0.15) is 26.3 Å². The van der Waals surface area contributed by atoms with Gasteiger partial charge in [-0.05, 0) is 66.6 Å². The Morgan fingerprint density at radius 2 is 1.66 bits per heavy atom. The number of carbonyl (C=O) groups excluding carboxylic acids is 2. The van der Waals surface area contributed by atoms with Gasteiger partial charge in [0, 0.05) is 23.7 Å². The van der Waals surface area contributed by atoms with Gasteiger partial charge >= 0.3 is 0 Å². The van der Waals surface area contributed by atoms with Crippen molar-refractivity contribution in [2.24, 2.45) is 5.73 Å². The van der Waals surface area contributed by atoms with Crippen LogP contribution in [0.25, 0.3) is 33.4 Å². The van der Waals surface area contributed by atoms with Crippen LogP contribution in [-0.4, -0.2) is 18.9 Å². The fourth-order valence-corrected chi connectivity index (χ4v) is 3.61. The number of carbonyl (C=O) groups is 2. The van der Waals surface area contributed by atoms with Gasteiger partial charge in [0.2, 0.25) is 5.91 Å². The molecule has 0 unspecified atom stereocenters. The maximum atomic E-state index is 15.8. The first-order valence-corrected chi connectivity index (χ1v) is 9.56. The molecular weight excluding hydrogens is 421 g/mol. The SMILES string of the molecule is CNC(=O)c1c(-c2ccc(F)cc2)oc2ccc(-c3cc(C(N)=O)cc(F)c3C)c(F)c12. The number of nitrogens with two attached hydrogens (primary N) is 1. The lowest BCUT2D eigenvalue weighted by atomic mass is 9.94. The lowest BCUT2D eigenvalue weighted by molar-refractivity contribution is 0.0962. The lowest BCUT2D eigenvalue weighted by Crippen LogP contribution is -2.18. The predicted octanol–water partition coefficient (Wildman–Crippen LogP) is 4.95. The van der Waals surface area contributed by atoms with Crippen LogP contribution in [0.3, 0.4) is 0 Å². The van der Waals surface area contributed by atoms with Gasteiger partial charge in [-0.25, -0.2) is 13.2 Å². The van der Waals surface area contributed by atoms with E-state index in [0.29, 0.717) is 5.56 Å². The normalized spacial score (nSPS) is 11.0. The molecule has 0 spiro atoms. The molecule has 0 bridgehead atoms. The van der Waals surface area contributed by atoms with Crippen molar-refractivity contribution in [3.63, 3.8) is 0 Å². The molecule has 1 aromatic heterocycles. The summed E-state index contributed by atoms with van der Waals surface area (Å²) in [6.45, 7) is 1.44. The molecule has 5 nitrogen and oxygen atoms in total. The third-order valence-corrected chi connectivity index (χ3v) is 5.27. The standard InChI is InChI=1S/C24H17F3N2O3/c1-11-16(9-13(23(28)30)10-17(11)26)15-7-8-18-19(21(15)27)20(24(31)29-2)22(32-18)12-3-5-14(25)6-4-12/h3-10H,1-2H3,(H2,28,30)(H,29,31). The van der Waals surface area contributed by atoms with Crippen molar-refractivity contribution in [2.45, 2.75) is 6.92 Å². The van der Waals surface area contributed by atoms with E-state index in [1.165, 1.54) is 56.4 Å². The Bertz CT molecular complexity index is 1390. The van der Waals surface area contributed by atoms with E-state index in [0.717, 1.165) is 6.07 Å². The van der Waals surface area contributed by atoms with Gasteiger partial charge in [0.15, 0.2) is 0 Å². The van der Waals surface area contributed by atoms with E-state index < -0.39 is 29.3 Å². The number of hydrogen-bond donors (Lipinski definition) is 2. The highest BCUT2D eigenvalue weighted by Gasteiger charge is 2.26. The van der Waals surface area contributed by atoms with Gasteiger partial charge in [0.1, 0.15) is 28.8 Å². The number of nitrogens with one attached hydrogen (secondary N) is 1. The van der Waals surface area contributed by atoms with Gasteiger partial charge in [0.05, 0.1) is 10.9 Å². The predicted molar refractivity (Wildman–Crippen MR) is 114 cm³/mol. The number of benzene rings is 3. The summed E-state index contributed by atoms with van der Waals surface area (Å²) in [6, 6.07) is 10.3. The van der Waals surface area contributed by atoms with Crippen LogP contribution in [0.2, 0.25) is 0 Å². The Morgan fingerprint density at radius 3 is 2.28 bits per heavy atom. The van der Waals surface area contributed by atoms with Crippen molar-refractivity contribution in [2.75, 3.05) is 7.05 Å². The molecule has 2 amide bonds. The molecule has 32 heavy (non-hydrogen) atoms. The minimum atomic E-state index is -0.861. The van der Waals surface area contributed by atoms with E-state index in [1.807, 2.05) is 0 Å². The number of furan rings is 1. The highest BCUT2D eigenvalue weighted by Crippen LogP contribution is 2.39. The second-order valence-electron chi connectivity index (χ2n) is 7.19. The molecule has 0 aliphatic rings. The molecule has 3 N–H and O–H groups in total. The third kappa shape index (κ3) is 3.39. The van der Waals surface area contributed by atoms with Gasteiger partial charge in [-0.1, -0.05) is 0 Å². The first kappa shape index (κ1) is 21.2. The van der Waals surface area contributed by atoms with Crippen molar-refractivity contribution in [3.05, 3.63) is 82.7 Å². The molecule has 0 fully saturated rings.